The Hall–Kier alpha value is -1.84. The van der Waals surface area contributed by atoms with Gasteiger partial charge in [-0.3, -0.25) is 9.59 Å². The predicted molar refractivity (Wildman–Crippen MR) is 61.3 cm³/mol. The summed E-state index contributed by atoms with van der Waals surface area (Å²) in [5.41, 5.74) is 6.10. The number of nitrogens with two attached hydrogens (primary N) is 1. The lowest BCUT2D eigenvalue weighted by atomic mass is 10.1. The second-order valence-corrected chi connectivity index (χ2v) is 3.77. The van der Waals surface area contributed by atoms with Crippen LogP contribution in [0.25, 0.3) is 0 Å². The van der Waals surface area contributed by atoms with Crippen LogP contribution in [0.15, 0.2) is 30.3 Å². The smallest absolute Gasteiger partial charge is 0.221 e. The fourth-order valence-corrected chi connectivity index (χ4v) is 1.25. The van der Waals surface area contributed by atoms with Crippen molar-refractivity contribution in [3.63, 3.8) is 0 Å². The molecule has 0 saturated heterocycles. The highest BCUT2D eigenvalue weighted by molar-refractivity contribution is 5.84. The van der Waals surface area contributed by atoms with Crippen molar-refractivity contribution >= 4 is 11.8 Å². The van der Waals surface area contributed by atoms with E-state index in [2.05, 4.69) is 5.32 Å². The van der Waals surface area contributed by atoms with Gasteiger partial charge in [-0.25, -0.2) is 0 Å². The van der Waals surface area contributed by atoms with Crippen LogP contribution in [0.5, 0.6) is 0 Å². The number of amides is 2. The fraction of sp³-hybridized carbons (Fsp3) is 0.333. The van der Waals surface area contributed by atoms with Gasteiger partial charge in [0, 0.05) is 18.9 Å². The summed E-state index contributed by atoms with van der Waals surface area (Å²) in [6.07, 6.45) is 0.141. The van der Waals surface area contributed by atoms with Gasteiger partial charge in [-0.05, 0) is 5.56 Å². The van der Waals surface area contributed by atoms with E-state index in [1.807, 2.05) is 30.3 Å². The first kappa shape index (κ1) is 12.2. The maximum atomic E-state index is 11.4. The topological polar surface area (TPSA) is 72.2 Å². The molecule has 4 nitrogen and oxygen atoms in total. The van der Waals surface area contributed by atoms with Gasteiger partial charge in [0.25, 0.3) is 0 Å². The van der Waals surface area contributed by atoms with Crippen LogP contribution in [0.3, 0.4) is 0 Å². The summed E-state index contributed by atoms with van der Waals surface area (Å²) in [6, 6.07) is 9.59. The number of hydrogen-bond donors (Lipinski definition) is 2. The van der Waals surface area contributed by atoms with E-state index in [0.717, 1.165) is 5.56 Å². The van der Waals surface area contributed by atoms with Crippen LogP contribution in [0, 0.1) is 5.92 Å². The number of nitrogens with one attached hydrogen (secondary N) is 1. The van der Waals surface area contributed by atoms with Gasteiger partial charge in [-0.1, -0.05) is 37.3 Å². The van der Waals surface area contributed by atoms with E-state index < -0.39 is 11.8 Å². The summed E-state index contributed by atoms with van der Waals surface area (Å²) in [5.74, 6) is -1.03. The Morgan fingerprint density at radius 2 is 1.94 bits per heavy atom. The average molecular weight is 220 g/mol. The molecule has 2 amide bonds. The van der Waals surface area contributed by atoms with E-state index in [0.29, 0.717) is 6.54 Å². The van der Waals surface area contributed by atoms with E-state index in [4.69, 9.17) is 5.73 Å². The number of primary amides is 1. The molecule has 1 rings (SSSR count). The van der Waals surface area contributed by atoms with Crippen molar-refractivity contribution < 1.29 is 9.59 Å². The maximum Gasteiger partial charge on any atom is 0.221 e. The largest absolute Gasteiger partial charge is 0.369 e. The van der Waals surface area contributed by atoms with Crippen LogP contribution in [-0.4, -0.2) is 11.8 Å². The zero-order valence-electron chi connectivity index (χ0n) is 9.27. The monoisotopic (exact) mass is 220 g/mol. The number of hydrogen-bond acceptors (Lipinski definition) is 2. The number of benzene rings is 1. The van der Waals surface area contributed by atoms with Gasteiger partial charge in [-0.2, -0.15) is 0 Å². The molecule has 0 aromatic heterocycles. The van der Waals surface area contributed by atoms with Crippen molar-refractivity contribution in [2.45, 2.75) is 19.9 Å². The summed E-state index contributed by atoms with van der Waals surface area (Å²) in [6.45, 7) is 2.12. The Morgan fingerprint density at radius 1 is 1.31 bits per heavy atom. The quantitative estimate of drug-likeness (QED) is 0.771. The van der Waals surface area contributed by atoms with Crippen LogP contribution >= 0.6 is 0 Å². The van der Waals surface area contributed by atoms with Gasteiger partial charge in [0.05, 0.1) is 0 Å². The number of rotatable bonds is 5. The lowest BCUT2D eigenvalue weighted by Gasteiger charge is -2.08. The van der Waals surface area contributed by atoms with E-state index in [1.54, 1.807) is 6.92 Å². The van der Waals surface area contributed by atoms with Crippen molar-refractivity contribution in [3.8, 4) is 0 Å². The lowest BCUT2D eigenvalue weighted by Crippen LogP contribution is -2.29. The minimum Gasteiger partial charge on any atom is -0.369 e. The minimum absolute atomic E-state index is 0.141. The summed E-state index contributed by atoms with van der Waals surface area (Å²) in [4.78, 5) is 22.2. The van der Waals surface area contributed by atoms with Gasteiger partial charge in [-0.15, -0.1) is 0 Å². The molecule has 0 saturated carbocycles. The SMILES string of the molecule is CC(CC(=O)NCc1ccccc1)C(N)=O. The van der Waals surface area contributed by atoms with Crippen molar-refractivity contribution in [2.75, 3.05) is 0 Å². The van der Waals surface area contributed by atoms with Gasteiger partial charge in [0.2, 0.25) is 11.8 Å². The first-order chi connectivity index (χ1) is 7.59. The van der Waals surface area contributed by atoms with E-state index in [9.17, 15) is 9.59 Å². The highest BCUT2D eigenvalue weighted by Gasteiger charge is 2.13. The molecule has 0 bridgehead atoms. The molecule has 0 spiro atoms. The van der Waals surface area contributed by atoms with E-state index in [1.165, 1.54) is 0 Å². The van der Waals surface area contributed by atoms with Crippen molar-refractivity contribution in [1.82, 2.24) is 5.32 Å². The number of carbonyl (C=O) groups excluding carboxylic acids is 2. The zero-order valence-corrected chi connectivity index (χ0v) is 9.27. The third-order valence-corrected chi connectivity index (χ3v) is 2.31. The Bertz CT molecular complexity index is 363. The first-order valence-corrected chi connectivity index (χ1v) is 5.19. The van der Waals surface area contributed by atoms with Gasteiger partial charge in [0.1, 0.15) is 0 Å². The molecular weight excluding hydrogens is 204 g/mol. The Labute approximate surface area is 94.8 Å². The molecule has 16 heavy (non-hydrogen) atoms. The molecule has 86 valence electrons. The highest BCUT2D eigenvalue weighted by atomic mass is 16.2. The molecule has 3 N–H and O–H groups in total. The third-order valence-electron chi connectivity index (χ3n) is 2.31. The van der Waals surface area contributed by atoms with E-state index in [-0.39, 0.29) is 12.3 Å². The summed E-state index contributed by atoms with van der Waals surface area (Å²) < 4.78 is 0. The maximum absolute atomic E-state index is 11.4. The lowest BCUT2D eigenvalue weighted by molar-refractivity contribution is -0.128. The molecule has 0 aliphatic carbocycles. The summed E-state index contributed by atoms with van der Waals surface area (Å²) >= 11 is 0. The zero-order chi connectivity index (χ0) is 12.0. The molecule has 0 aliphatic heterocycles. The van der Waals surface area contributed by atoms with Gasteiger partial charge >= 0.3 is 0 Å². The van der Waals surface area contributed by atoms with Crippen molar-refractivity contribution in [1.29, 1.82) is 0 Å². The molecular formula is C12H16N2O2. The molecule has 4 heteroatoms. The molecule has 1 aromatic carbocycles. The second-order valence-electron chi connectivity index (χ2n) is 3.77. The molecule has 1 aromatic rings. The van der Waals surface area contributed by atoms with Gasteiger partial charge < -0.3 is 11.1 Å². The molecule has 0 radical (unpaired) electrons. The molecule has 1 atom stereocenters. The molecule has 0 aliphatic rings. The summed E-state index contributed by atoms with van der Waals surface area (Å²) in [7, 11) is 0. The van der Waals surface area contributed by atoms with Crippen LogP contribution in [0.2, 0.25) is 0 Å². The van der Waals surface area contributed by atoms with Crippen LogP contribution in [0.4, 0.5) is 0 Å². The third kappa shape index (κ3) is 4.13. The van der Waals surface area contributed by atoms with Crippen LogP contribution in [0.1, 0.15) is 18.9 Å². The molecule has 0 fully saturated rings. The Kier molecular flexibility index (Phi) is 4.51. The fourth-order valence-electron chi connectivity index (χ4n) is 1.25. The Balaban J connectivity index is 2.33. The summed E-state index contributed by atoms with van der Waals surface area (Å²) in [5, 5.41) is 2.74. The standard InChI is InChI=1S/C12H16N2O2/c1-9(12(13)16)7-11(15)14-8-10-5-3-2-4-6-10/h2-6,9H,7-8H2,1H3,(H2,13,16)(H,14,15). The average Bonchev–Trinajstić information content (AvgIpc) is 2.27. The second kappa shape index (κ2) is 5.90. The van der Waals surface area contributed by atoms with Gasteiger partial charge in [0.15, 0.2) is 0 Å². The molecule has 0 heterocycles. The van der Waals surface area contributed by atoms with Crippen LogP contribution < -0.4 is 11.1 Å². The van der Waals surface area contributed by atoms with Crippen LogP contribution in [-0.2, 0) is 16.1 Å². The predicted octanol–water partition coefficient (Wildman–Crippen LogP) is 0.814. The first-order valence-electron chi connectivity index (χ1n) is 5.19. The highest BCUT2D eigenvalue weighted by Crippen LogP contribution is 2.01. The van der Waals surface area contributed by atoms with Crippen molar-refractivity contribution in [3.05, 3.63) is 35.9 Å². The minimum atomic E-state index is -0.449. The number of carbonyl (C=O) groups is 2. The van der Waals surface area contributed by atoms with E-state index >= 15 is 0 Å². The van der Waals surface area contributed by atoms with Crippen molar-refractivity contribution in [2.24, 2.45) is 11.7 Å². The normalized spacial score (nSPS) is 11.8. The molecule has 1 unspecified atom stereocenters. The Morgan fingerprint density at radius 3 is 2.50 bits per heavy atom.